The van der Waals surface area contributed by atoms with Crippen LogP contribution in [0.1, 0.15) is 30.1 Å². The maximum absolute atomic E-state index is 11.2. The fourth-order valence-electron chi connectivity index (χ4n) is 2.74. The number of rotatable bonds is 9. The number of aromatic carboxylic acids is 1. The van der Waals surface area contributed by atoms with E-state index in [-0.39, 0.29) is 0 Å². The van der Waals surface area contributed by atoms with Crippen LogP contribution in [0.4, 0.5) is 6.01 Å². The Kier molecular flexibility index (Phi) is 6.17. The summed E-state index contributed by atoms with van der Waals surface area (Å²) in [4.78, 5) is 18.7. The highest BCUT2D eigenvalue weighted by atomic mass is 32.2. The number of benzene rings is 2. The molecule has 0 fully saturated rings. The predicted molar refractivity (Wildman–Crippen MR) is 105 cm³/mol. The van der Waals surface area contributed by atoms with Crippen molar-refractivity contribution in [2.75, 3.05) is 23.7 Å². The van der Waals surface area contributed by atoms with E-state index in [0.29, 0.717) is 11.6 Å². The zero-order chi connectivity index (χ0) is 18.4. The van der Waals surface area contributed by atoms with Crippen LogP contribution in [0.15, 0.2) is 57.8 Å². The van der Waals surface area contributed by atoms with Crippen LogP contribution in [0.3, 0.4) is 0 Å². The second-order valence-electron chi connectivity index (χ2n) is 5.90. The Bertz CT molecular complexity index is 845. The Morgan fingerprint density at radius 3 is 2.69 bits per heavy atom. The molecule has 3 aromatic rings. The number of fused-ring (bicyclic) bond motifs is 1. The van der Waals surface area contributed by atoms with E-state index >= 15 is 0 Å². The van der Waals surface area contributed by atoms with Gasteiger partial charge in [-0.2, -0.15) is 4.98 Å². The highest BCUT2D eigenvalue weighted by Crippen LogP contribution is 2.25. The van der Waals surface area contributed by atoms with E-state index in [1.54, 1.807) is 23.9 Å². The van der Waals surface area contributed by atoms with Gasteiger partial charge in [0.1, 0.15) is 5.52 Å². The minimum absolute atomic E-state index is 0.374. The lowest BCUT2D eigenvalue weighted by Crippen LogP contribution is -2.24. The minimum atomic E-state index is -0.874. The number of anilines is 1. The highest BCUT2D eigenvalue weighted by Gasteiger charge is 2.12. The number of unbranched alkanes of at least 4 members (excludes halogenated alkanes) is 1. The molecule has 0 amide bonds. The first-order valence-electron chi connectivity index (χ1n) is 8.74. The average molecular weight is 370 g/mol. The molecule has 0 spiro atoms. The Balaban J connectivity index is 1.50. The molecule has 0 aliphatic heterocycles. The van der Waals surface area contributed by atoms with Crippen molar-refractivity contribution >= 4 is 34.8 Å². The van der Waals surface area contributed by atoms with Gasteiger partial charge in [0.25, 0.3) is 6.01 Å². The van der Waals surface area contributed by atoms with Crippen LogP contribution in [-0.2, 0) is 0 Å². The third-order valence-electron chi connectivity index (χ3n) is 4.13. The number of carboxylic acid groups (broad SMARTS) is 1. The number of thioether (sulfide) groups is 1. The van der Waals surface area contributed by atoms with Crippen molar-refractivity contribution in [3.63, 3.8) is 0 Å². The summed E-state index contributed by atoms with van der Waals surface area (Å²) in [7, 11) is 0. The normalized spacial score (nSPS) is 11.0. The SMILES string of the molecule is CCN(CCCCSc1ccccc1C(=O)O)c1nc2ccccc2o1. The van der Waals surface area contributed by atoms with Crippen molar-refractivity contribution < 1.29 is 14.3 Å². The standard InChI is InChI=1S/C20H22N2O3S/c1-2-22(20-21-16-10-4-5-11-17(16)25-20)13-7-8-14-26-18-12-6-3-9-15(18)19(23)24/h3-6,9-12H,2,7-8,13-14H2,1H3,(H,23,24). The van der Waals surface area contributed by atoms with Gasteiger partial charge in [-0.3, -0.25) is 0 Å². The molecule has 6 heteroatoms. The zero-order valence-electron chi connectivity index (χ0n) is 14.7. The molecule has 0 saturated carbocycles. The number of oxazole rings is 1. The lowest BCUT2D eigenvalue weighted by Gasteiger charge is -2.18. The molecule has 0 aliphatic rings. The fraction of sp³-hybridized carbons (Fsp3) is 0.300. The molecule has 136 valence electrons. The van der Waals surface area contributed by atoms with Gasteiger partial charge < -0.3 is 14.4 Å². The van der Waals surface area contributed by atoms with Crippen LogP contribution in [-0.4, -0.2) is 34.9 Å². The molecule has 1 aromatic heterocycles. The zero-order valence-corrected chi connectivity index (χ0v) is 15.5. The third kappa shape index (κ3) is 4.38. The molecule has 0 atom stereocenters. The first-order valence-corrected chi connectivity index (χ1v) is 9.73. The number of para-hydroxylation sites is 2. The quantitative estimate of drug-likeness (QED) is 0.426. The molecule has 0 bridgehead atoms. The first-order chi connectivity index (χ1) is 12.7. The van der Waals surface area contributed by atoms with Gasteiger partial charge in [-0.1, -0.05) is 24.3 Å². The monoisotopic (exact) mass is 370 g/mol. The van der Waals surface area contributed by atoms with E-state index in [0.717, 1.165) is 47.7 Å². The molecule has 0 radical (unpaired) electrons. The Hall–Kier alpha value is -2.47. The van der Waals surface area contributed by atoms with Crippen molar-refractivity contribution in [1.29, 1.82) is 0 Å². The molecule has 26 heavy (non-hydrogen) atoms. The Morgan fingerprint density at radius 1 is 1.15 bits per heavy atom. The molecule has 1 N–H and O–H groups in total. The molecular weight excluding hydrogens is 348 g/mol. The van der Waals surface area contributed by atoms with Gasteiger partial charge in [-0.25, -0.2) is 4.79 Å². The number of carbonyl (C=O) groups is 1. The smallest absolute Gasteiger partial charge is 0.336 e. The van der Waals surface area contributed by atoms with Crippen LogP contribution < -0.4 is 4.90 Å². The molecule has 3 rings (SSSR count). The fourth-order valence-corrected chi connectivity index (χ4v) is 3.79. The summed E-state index contributed by atoms with van der Waals surface area (Å²) < 4.78 is 5.83. The lowest BCUT2D eigenvalue weighted by atomic mass is 10.2. The van der Waals surface area contributed by atoms with E-state index in [2.05, 4.69) is 16.8 Å². The van der Waals surface area contributed by atoms with E-state index in [1.165, 1.54) is 0 Å². The largest absolute Gasteiger partial charge is 0.478 e. The number of aromatic nitrogens is 1. The second kappa shape index (κ2) is 8.76. The van der Waals surface area contributed by atoms with Crippen molar-refractivity contribution in [1.82, 2.24) is 4.98 Å². The molecular formula is C20H22N2O3S. The van der Waals surface area contributed by atoms with Gasteiger partial charge in [-0.05, 0) is 49.8 Å². The first kappa shape index (κ1) is 18.3. The number of carboxylic acids is 1. The summed E-state index contributed by atoms with van der Waals surface area (Å²) in [5.41, 5.74) is 2.06. The van der Waals surface area contributed by atoms with Gasteiger partial charge in [0, 0.05) is 18.0 Å². The van der Waals surface area contributed by atoms with Crippen molar-refractivity contribution in [3.8, 4) is 0 Å². The number of nitrogens with zero attached hydrogens (tertiary/aromatic N) is 2. The number of hydrogen-bond donors (Lipinski definition) is 1. The highest BCUT2D eigenvalue weighted by molar-refractivity contribution is 7.99. The maximum atomic E-state index is 11.2. The summed E-state index contributed by atoms with van der Waals surface area (Å²) in [6.07, 6.45) is 1.99. The summed E-state index contributed by atoms with van der Waals surface area (Å²) >= 11 is 1.60. The molecule has 0 saturated heterocycles. The number of hydrogen-bond acceptors (Lipinski definition) is 5. The summed E-state index contributed by atoms with van der Waals surface area (Å²) in [5.74, 6) is 0.0105. The summed E-state index contributed by atoms with van der Waals surface area (Å²) in [6, 6.07) is 15.6. The Labute approximate surface area is 157 Å². The van der Waals surface area contributed by atoms with Crippen LogP contribution in [0.5, 0.6) is 0 Å². The average Bonchev–Trinajstić information content (AvgIpc) is 3.08. The molecule has 0 unspecified atom stereocenters. The van der Waals surface area contributed by atoms with E-state index in [9.17, 15) is 9.90 Å². The van der Waals surface area contributed by atoms with Crippen molar-refractivity contribution in [2.24, 2.45) is 0 Å². The minimum Gasteiger partial charge on any atom is -0.478 e. The van der Waals surface area contributed by atoms with Gasteiger partial charge in [0.05, 0.1) is 5.56 Å². The van der Waals surface area contributed by atoms with Gasteiger partial charge in [-0.15, -0.1) is 11.8 Å². The van der Waals surface area contributed by atoms with E-state index in [4.69, 9.17) is 4.42 Å². The van der Waals surface area contributed by atoms with Crippen molar-refractivity contribution in [2.45, 2.75) is 24.7 Å². The molecule has 1 heterocycles. The maximum Gasteiger partial charge on any atom is 0.336 e. The second-order valence-corrected chi connectivity index (χ2v) is 7.04. The Morgan fingerprint density at radius 2 is 1.92 bits per heavy atom. The van der Waals surface area contributed by atoms with Crippen LogP contribution in [0.2, 0.25) is 0 Å². The third-order valence-corrected chi connectivity index (χ3v) is 5.29. The van der Waals surface area contributed by atoms with E-state index < -0.39 is 5.97 Å². The predicted octanol–water partition coefficient (Wildman–Crippen LogP) is 4.92. The van der Waals surface area contributed by atoms with Crippen molar-refractivity contribution in [3.05, 3.63) is 54.1 Å². The van der Waals surface area contributed by atoms with Gasteiger partial charge in [0.2, 0.25) is 0 Å². The van der Waals surface area contributed by atoms with Gasteiger partial charge in [0.15, 0.2) is 5.58 Å². The molecule has 2 aromatic carbocycles. The summed E-state index contributed by atoms with van der Waals surface area (Å²) in [5, 5.41) is 9.22. The molecule has 0 aliphatic carbocycles. The molecule has 5 nitrogen and oxygen atoms in total. The van der Waals surface area contributed by atoms with E-state index in [1.807, 2.05) is 36.4 Å². The summed E-state index contributed by atoms with van der Waals surface area (Å²) in [6.45, 7) is 3.79. The lowest BCUT2D eigenvalue weighted by molar-refractivity contribution is 0.0693. The van der Waals surface area contributed by atoms with Crippen LogP contribution in [0, 0.1) is 0 Å². The van der Waals surface area contributed by atoms with Gasteiger partial charge >= 0.3 is 5.97 Å². The topological polar surface area (TPSA) is 66.6 Å². The van der Waals surface area contributed by atoms with Crippen LogP contribution >= 0.6 is 11.8 Å². The van der Waals surface area contributed by atoms with Crippen LogP contribution in [0.25, 0.3) is 11.1 Å².